The Morgan fingerprint density at radius 2 is 2.64 bits per heavy atom. The SMILES string of the molecule is CN1CC(F)=CC(CC#N)C1. The van der Waals surface area contributed by atoms with Crippen molar-refractivity contribution in [1.29, 1.82) is 5.26 Å². The highest BCUT2D eigenvalue weighted by atomic mass is 19.1. The van der Waals surface area contributed by atoms with Gasteiger partial charge in [0.25, 0.3) is 0 Å². The number of rotatable bonds is 1. The van der Waals surface area contributed by atoms with E-state index in [0.717, 1.165) is 6.54 Å². The molecule has 0 aliphatic carbocycles. The smallest absolute Gasteiger partial charge is 0.110 e. The highest BCUT2D eigenvalue weighted by molar-refractivity contribution is 5.05. The lowest BCUT2D eigenvalue weighted by Crippen LogP contribution is -2.30. The lowest BCUT2D eigenvalue weighted by atomic mass is 10.0. The molecular formula is C8H11FN2. The standard InChI is InChI=1S/C8H11FN2/c1-11-5-7(2-3-10)4-8(9)6-11/h4,7H,2,5-6H2,1H3. The van der Waals surface area contributed by atoms with E-state index < -0.39 is 0 Å². The highest BCUT2D eigenvalue weighted by Gasteiger charge is 2.16. The van der Waals surface area contributed by atoms with Crippen LogP contribution < -0.4 is 0 Å². The van der Waals surface area contributed by atoms with Crippen LogP contribution in [0.1, 0.15) is 6.42 Å². The van der Waals surface area contributed by atoms with Crippen molar-refractivity contribution in [3.05, 3.63) is 11.9 Å². The van der Waals surface area contributed by atoms with Gasteiger partial charge in [-0.15, -0.1) is 0 Å². The van der Waals surface area contributed by atoms with Gasteiger partial charge in [-0.25, -0.2) is 4.39 Å². The van der Waals surface area contributed by atoms with Gasteiger partial charge in [-0.2, -0.15) is 5.26 Å². The summed E-state index contributed by atoms with van der Waals surface area (Å²) in [6.45, 7) is 1.18. The molecule has 0 fully saturated rings. The molecule has 1 rings (SSSR count). The van der Waals surface area contributed by atoms with E-state index in [-0.39, 0.29) is 11.7 Å². The zero-order valence-electron chi connectivity index (χ0n) is 6.55. The maximum atomic E-state index is 12.7. The van der Waals surface area contributed by atoms with Crippen LogP contribution >= 0.6 is 0 Å². The minimum atomic E-state index is -0.112. The maximum Gasteiger partial charge on any atom is 0.110 e. The van der Waals surface area contributed by atoms with Gasteiger partial charge >= 0.3 is 0 Å². The van der Waals surface area contributed by atoms with E-state index in [1.165, 1.54) is 0 Å². The summed E-state index contributed by atoms with van der Waals surface area (Å²) < 4.78 is 12.7. The first kappa shape index (κ1) is 8.22. The molecule has 1 aliphatic rings. The quantitative estimate of drug-likeness (QED) is 0.569. The van der Waals surface area contributed by atoms with Crippen molar-refractivity contribution in [2.75, 3.05) is 20.1 Å². The second-order valence-electron chi connectivity index (χ2n) is 2.93. The Balaban J connectivity index is 2.56. The third kappa shape index (κ3) is 2.32. The second kappa shape index (κ2) is 3.49. The van der Waals surface area contributed by atoms with Crippen molar-refractivity contribution in [1.82, 2.24) is 4.90 Å². The topological polar surface area (TPSA) is 27.0 Å². The number of hydrogen-bond donors (Lipinski definition) is 0. The fourth-order valence-corrected chi connectivity index (χ4v) is 1.32. The van der Waals surface area contributed by atoms with Gasteiger partial charge in [-0.1, -0.05) is 0 Å². The molecule has 1 heterocycles. The Morgan fingerprint density at radius 1 is 1.91 bits per heavy atom. The molecule has 1 unspecified atom stereocenters. The summed E-state index contributed by atoms with van der Waals surface area (Å²) in [5.41, 5.74) is 0. The van der Waals surface area contributed by atoms with Crippen molar-refractivity contribution >= 4 is 0 Å². The van der Waals surface area contributed by atoms with Gasteiger partial charge in [0.1, 0.15) is 5.83 Å². The van der Waals surface area contributed by atoms with E-state index >= 15 is 0 Å². The van der Waals surface area contributed by atoms with Gasteiger partial charge < -0.3 is 0 Å². The van der Waals surface area contributed by atoms with E-state index in [2.05, 4.69) is 0 Å². The van der Waals surface area contributed by atoms with Gasteiger partial charge in [-0.3, -0.25) is 4.90 Å². The lowest BCUT2D eigenvalue weighted by Gasteiger charge is -2.24. The molecule has 0 radical (unpaired) electrons. The van der Waals surface area contributed by atoms with Crippen LogP contribution in [0.3, 0.4) is 0 Å². The molecule has 0 saturated heterocycles. The second-order valence-corrected chi connectivity index (χ2v) is 2.93. The lowest BCUT2D eigenvalue weighted by molar-refractivity contribution is 0.278. The van der Waals surface area contributed by atoms with Crippen molar-refractivity contribution < 1.29 is 4.39 Å². The Hall–Kier alpha value is -0.880. The van der Waals surface area contributed by atoms with E-state index in [9.17, 15) is 4.39 Å². The first-order valence-electron chi connectivity index (χ1n) is 3.64. The molecule has 1 atom stereocenters. The molecule has 0 N–H and O–H groups in total. The number of nitriles is 1. The molecule has 0 spiro atoms. The number of halogens is 1. The summed E-state index contributed by atoms with van der Waals surface area (Å²) in [5.74, 6) is -0.0299. The predicted molar refractivity (Wildman–Crippen MR) is 40.4 cm³/mol. The number of hydrogen-bond acceptors (Lipinski definition) is 2. The minimum absolute atomic E-state index is 0.0822. The summed E-state index contributed by atoms with van der Waals surface area (Å²) in [5, 5.41) is 8.37. The van der Waals surface area contributed by atoms with Gasteiger partial charge in [0, 0.05) is 25.4 Å². The average Bonchev–Trinajstić information content (AvgIpc) is 1.85. The molecular weight excluding hydrogens is 143 g/mol. The summed E-state index contributed by atoms with van der Waals surface area (Å²) in [6.07, 6.45) is 1.97. The molecule has 2 nitrogen and oxygen atoms in total. The molecule has 0 aromatic heterocycles. The van der Waals surface area contributed by atoms with E-state index in [1.807, 2.05) is 18.0 Å². The van der Waals surface area contributed by atoms with Crippen LogP contribution in [0.25, 0.3) is 0 Å². The molecule has 0 saturated carbocycles. The van der Waals surface area contributed by atoms with Crippen LogP contribution in [0, 0.1) is 17.2 Å². The largest absolute Gasteiger partial charge is 0.299 e. The normalized spacial score (nSPS) is 25.9. The van der Waals surface area contributed by atoms with Crippen LogP contribution in [-0.4, -0.2) is 25.0 Å². The molecule has 0 bridgehead atoms. The summed E-state index contributed by atoms with van der Waals surface area (Å²) in [7, 11) is 1.86. The predicted octanol–water partition coefficient (Wildman–Crippen LogP) is 1.32. The van der Waals surface area contributed by atoms with E-state index in [4.69, 9.17) is 5.26 Å². The highest BCUT2D eigenvalue weighted by Crippen LogP contribution is 2.16. The van der Waals surface area contributed by atoms with Crippen LogP contribution in [-0.2, 0) is 0 Å². The molecule has 11 heavy (non-hydrogen) atoms. The molecule has 1 aliphatic heterocycles. The van der Waals surface area contributed by atoms with Crippen LogP contribution in [0.15, 0.2) is 11.9 Å². The van der Waals surface area contributed by atoms with Crippen molar-refractivity contribution in [2.24, 2.45) is 5.92 Å². The molecule has 3 heteroatoms. The zero-order valence-corrected chi connectivity index (χ0v) is 6.55. The molecule has 60 valence electrons. The van der Waals surface area contributed by atoms with Crippen molar-refractivity contribution in [2.45, 2.75) is 6.42 Å². The minimum Gasteiger partial charge on any atom is -0.299 e. The fraction of sp³-hybridized carbons (Fsp3) is 0.625. The Bertz CT molecular complexity index is 205. The van der Waals surface area contributed by atoms with Crippen molar-refractivity contribution in [3.63, 3.8) is 0 Å². The van der Waals surface area contributed by atoms with Gasteiger partial charge in [0.2, 0.25) is 0 Å². The Labute approximate surface area is 65.9 Å². The van der Waals surface area contributed by atoms with Crippen LogP contribution in [0.4, 0.5) is 4.39 Å². The monoisotopic (exact) mass is 154 g/mol. The van der Waals surface area contributed by atoms with Crippen molar-refractivity contribution in [3.8, 4) is 6.07 Å². The fourth-order valence-electron chi connectivity index (χ4n) is 1.32. The third-order valence-electron chi connectivity index (χ3n) is 1.74. The van der Waals surface area contributed by atoms with E-state index in [1.54, 1.807) is 6.08 Å². The van der Waals surface area contributed by atoms with Gasteiger partial charge in [0.15, 0.2) is 0 Å². The average molecular weight is 154 g/mol. The molecule has 0 aromatic carbocycles. The first-order chi connectivity index (χ1) is 5.22. The summed E-state index contributed by atoms with van der Waals surface area (Å²) in [6, 6.07) is 2.04. The molecule has 0 aromatic rings. The third-order valence-corrected chi connectivity index (χ3v) is 1.74. The van der Waals surface area contributed by atoms with Gasteiger partial charge in [0.05, 0.1) is 6.07 Å². The van der Waals surface area contributed by atoms with Crippen LogP contribution in [0.2, 0.25) is 0 Å². The summed E-state index contributed by atoms with van der Waals surface area (Å²) >= 11 is 0. The Kier molecular flexibility index (Phi) is 2.61. The van der Waals surface area contributed by atoms with E-state index in [0.29, 0.717) is 13.0 Å². The maximum absolute atomic E-state index is 12.7. The van der Waals surface area contributed by atoms with Gasteiger partial charge in [-0.05, 0) is 13.1 Å². The Morgan fingerprint density at radius 3 is 3.18 bits per heavy atom. The molecule has 0 amide bonds. The zero-order chi connectivity index (χ0) is 8.27. The summed E-state index contributed by atoms with van der Waals surface area (Å²) in [4.78, 5) is 1.89. The van der Waals surface area contributed by atoms with Crippen LogP contribution in [0.5, 0.6) is 0 Å². The first-order valence-corrected chi connectivity index (χ1v) is 3.64. The number of likely N-dealkylation sites (N-methyl/N-ethyl adjacent to an activating group) is 1. The number of nitrogens with zero attached hydrogens (tertiary/aromatic N) is 2.